The molecule has 0 fully saturated rings. The molecule has 8 heteroatoms. The average molecular weight is 504 g/mol. The highest BCUT2D eigenvalue weighted by atomic mass is 35.5. The second-order valence-electron chi connectivity index (χ2n) is 7.21. The summed E-state index contributed by atoms with van der Waals surface area (Å²) in [7, 11) is 0. The fourth-order valence-electron chi connectivity index (χ4n) is 3.26. The molecule has 4 rings (SSSR count). The van der Waals surface area contributed by atoms with Crippen LogP contribution in [0.3, 0.4) is 0 Å². The van der Waals surface area contributed by atoms with E-state index < -0.39 is 11.8 Å². The van der Waals surface area contributed by atoms with Crippen molar-refractivity contribution < 1.29 is 9.59 Å². The lowest BCUT2D eigenvalue weighted by Crippen LogP contribution is -2.32. The zero-order valence-corrected chi connectivity index (χ0v) is 20.2. The molecule has 0 spiro atoms. The summed E-state index contributed by atoms with van der Waals surface area (Å²) in [5, 5.41) is 4.44. The lowest BCUT2D eigenvalue weighted by atomic mass is 10.1. The molecule has 162 valence electrons. The summed E-state index contributed by atoms with van der Waals surface area (Å²) in [5.74, 6) is -0.938. The van der Waals surface area contributed by atoms with Gasteiger partial charge >= 0.3 is 0 Å². The Morgan fingerprint density at radius 2 is 1.47 bits per heavy atom. The van der Waals surface area contributed by atoms with Crippen molar-refractivity contribution >= 4 is 69.8 Å². The molecule has 0 saturated carbocycles. The number of amides is 2. The fraction of sp³-hybridized carbons (Fsp3) is 0.0833. The van der Waals surface area contributed by atoms with Crippen LogP contribution in [-0.2, 0) is 9.59 Å². The molecule has 4 nitrogen and oxygen atoms in total. The van der Waals surface area contributed by atoms with E-state index in [0.717, 1.165) is 26.6 Å². The van der Waals surface area contributed by atoms with E-state index in [1.165, 1.54) is 23.9 Å². The molecule has 0 aromatic heterocycles. The van der Waals surface area contributed by atoms with Crippen LogP contribution in [0.2, 0.25) is 15.1 Å². The van der Waals surface area contributed by atoms with E-state index in [1.807, 2.05) is 32.0 Å². The Morgan fingerprint density at radius 1 is 0.812 bits per heavy atom. The number of imide groups is 1. The number of hydrogen-bond acceptors (Lipinski definition) is 4. The molecule has 1 aliphatic heterocycles. The van der Waals surface area contributed by atoms with Gasteiger partial charge in [-0.3, -0.25) is 9.59 Å². The van der Waals surface area contributed by atoms with Crippen molar-refractivity contribution in [1.82, 2.24) is 0 Å². The molecule has 1 heterocycles. The van der Waals surface area contributed by atoms with Crippen molar-refractivity contribution in [3.05, 3.63) is 97.5 Å². The summed E-state index contributed by atoms with van der Waals surface area (Å²) >= 11 is 19.4. The minimum absolute atomic E-state index is 0.194. The first-order valence-corrected chi connectivity index (χ1v) is 11.6. The first-order valence-electron chi connectivity index (χ1n) is 9.60. The summed E-state index contributed by atoms with van der Waals surface area (Å²) in [6.07, 6.45) is 0. The highest BCUT2D eigenvalue weighted by Crippen LogP contribution is 2.39. The largest absolute Gasteiger partial charge is 0.350 e. The Balaban J connectivity index is 1.79. The predicted octanol–water partition coefficient (Wildman–Crippen LogP) is 7.25. The first kappa shape index (κ1) is 22.7. The maximum atomic E-state index is 13.5. The van der Waals surface area contributed by atoms with Gasteiger partial charge in [-0.1, -0.05) is 58.7 Å². The van der Waals surface area contributed by atoms with Crippen LogP contribution >= 0.6 is 46.6 Å². The second kappa shape index (κ2) is 9.20. The minimum Gasteiger partial charge on any atom is -0.350 e. The highest BCUT2D eigenvalue weighted by molar-refractivity contribution is 8.04. The standard InChI is InChI=1S/C24H17Cl3N2O2S/c1-13-4-3-5-20(14(13)2)28-21-22(32-19-8-6-15(25)7-9-19)24(31)29(23(21)30)18-11-16(26)10-17(27)12-18/h3-12,28H,1-2H3. The van der Waals surface area contributed by atoms with E-state index in [-0.39, 0.29) is 10.6 Å². The maximum absolute atomic E-state index is 13.5. The smallest absolute Gasteiger partial charge is 0.283 e. The number of aryl methyl sites for hydroxylation is 1. The Hall–Kier alpha value is -2.44. The SMILES string of the molecule is Cc1cccc(NC2=C(Sc3ccc(Cl)cc3)C(=O)N(c3cc(Cl)cc(Cl)c3)C2=O)c1C. The molecule has 0 unspecified atom stereocenters. The quantitative estimate of drug-likeness (QED) is 0.372. The van der Waals surface area contributed by atoms with E-state index in [9.17, 15) is 9.59 Å². The highest BCUT2D eigenvalue weighted by Gasteiger charge is 2.40. The van der Waals surface area contributed by atoms with Crippen LogP contribution < -0.4 is 10.2 Å². The van der Waals surface area contributed by atoms with Gasteiger partial charge in [0.2, 0.25) is 0 Å². The number of carbonyl (C=O) groups is 2. The monoisotopic (exact) mass is 502 g/mol. The van der Waals surface area contributed by atoms with Gasteiger partial charge in [-0.2, -0.15) is 0 Å². The van der Waals surface area contributed by atoms with Gasteiger partial charge < -0.3 is 5.32 Å². The molecule has 3 aromatic carbocycles. The zero-order chi connectivity index (χ0) is 23.0. The van der Waals surface area contributed by atoms with E-state index in [2.05, 4.69) is 5.32 Å². The van der Waals surface area contributed by atoms with Crippen molar-refractivity contribution in [3.63, 3.8) is 0 Å². The summed E-state index contributed by atoms with van der Waals surface area (Å²) in [4.78, 5) is 29.0. The van der Waals surface area contributed by atoms with Gasteiger partial charge in [0.05, 0.1) is 5.69 Å². The normalized spacial score (nSPS) is 13.8. The minimum atomic E-state index is -0.481. The molecular weight excluding hydrogens is 487 g/mol. The molecule has 1 N–H and O–H groups in total. The number of benzene rings is 3. The third-order valence-corrected chi connectivity index (χ3v) is 6.82. The van der Waals surface area contributed by atoms with Crippen LogP contribution in [0, 0.1) is 13.8 Å². The lowest BCUT2D eigenvalue weighted by Gasteiger charge is -2.16. The van der Waals surface area contributed by atoms with E-state index in [0.29, 0.717) is 20.8 Å². The number of nitrogens with one attached hydrogen (secondary N) is 1. The number of rotatable bonds is 5. The Morgan fingerprint density at radius 3 is 2.12 bits per heavy atom. The third kappa shape index (κ3) is 4.52. The molecule has 0 saturated heterocycles. The average Bonchev–Trinajstić information content (AvgIpc) is 2.96. The fourth-order valence-corrected chi connectivity index (χ4v) is 4.83. The van der Waals surface area contributed by atoms with Crippen LogP contribution in [0.15, 0.2) is 76.2 Å². The third-order valence-electron chi connectivity index (χ3n) is 5.04. The number of halogens is 3. The molecule has 0 atom stereocenters. The van der Waals surface area contributed by atoms with Gasteiger partial charge in [-0.15, -0.1) is 0 Å². The van der Waals surface area contributed by atoms with Crippen molar-refractivity contribution in [3.8, 4) is 0 Å². The first-order chi connectivity index (χ1) is 15.2. The molecule has 1 aliphatic rings. The number of anilines is 2. The van der Waals surface area contributed by atoms with Crippen molar-refractivity contribution in [2.75, 3.05) is 10.2 Å². The Kier molecular flexibility index (Phi) is 6.54. The van der Waals surface area contributed by atoms with Crippen LogP contribution in [-0.4, -0.2) is 11.8 Å². The molecule has 3 aromatic rings. The molecule has 2 amide bonds. The van der Waals surface area contributed by atoms with Crippen molar-refractivity contribution in [1.29, 1.82) is 0 Å². The molecule has 0 bridgehead atoms. The number of hydrogen-bond donors (Lipinski definition) is 1. The van der Waals surface area contributed by atoms with Crippen LogP contribution in [0.25, 0.3) is 0 Å². The predicted molar refractivity (Wildman–Crippen MR) is 133 cm³/mol. The summed E-state index contributed by atoms with van der Waals surface area (Å²) in [5.41, 5.74) is 3.31. The number of carbonyl (C=O) groups excluding carboxylic acids is 2. The van der Waals surface area contributed by atoms with E-state index >= 15 is 0 Å². The van der Waals surface area contributed by atoms with Gasteiger partial charge in [-0.25, -0.2) is 4.90 Å². The summed E-state index contributed by atoms with van der Waals surface area (Å²) in [6, 6.07) is 17.4. The van der Waals surface area contributed by atoms with Gasteiger partial charge in [-0.05, 0) is 73.5 Å². The van der Waals surface area contributed by atoms with Crippen molar-refractivity contribution in [2.45, 2.75) is 18.7 Å². The van der Waals surface area contributed by atoms with Crippen LogP contribution in [0.5, 0.6) is 0 Å². The zero-order valence-electron chi connectivity index (χ0n) is 17.1. The molecule has 0 aliphatic carbocycles. The van der Waals surface area contributed by atoms with Gasteiger partial charge in [0.1, 0.15) is 10.6 Å². The van der Waals surface area contributed by atoms with E-state index in [1.54, 1.807) is 30.3 Å². The topological polar surface area (TPSA) is 49.4 Å². The summed E-state index contributed by atoms with van der Waals surface area (Å²) in [6.45, 7) is 3.94. The maximum Gasteiger partial charge on any atom is 0.283 e. The van der Waals surface area contributed by atoms with Gasteiger partial charge in [0.25, 0.3) is 11.8 Å². The van der Waals surface area contributed by atoms with E-state index in [4.69, 9.17) is 34.8 Å². The lowest BCUT2D eigenvalue weighted by molar-refractivity contribution is -0.120. The number of thioether (sulfide) groups is 1. The Bertz CT molecular complexity index is 1250. The second-order valence-corrected chi connectivity index (χ2v) is 9.60. The van der Waals surface area contributed by atoms with Gasteiger partial charge in [0.15, 0.2) is 0 Å². The number of nitrogens with zero attached hydrogens (tertiary/aromatic N) is 1. The Labute approximate surface area is 205 Å². The van der Waals surface area contributed by atoms with Gasteiger partial charge in [0, 0.05) is 25.7 Å². The van der Waals surface area contributed by atoms with Crippen LogP contribution in [0.1, 0.15) is 11.1 Å². The van der Waals surface area contributed by atoms with Crippen molar-refractivity contribution in [2.24, 2.45) is 0 Å². The molecular formula is C24H17Cl3N2O2S. The molecule has 0 radical (unpaired) electrons. The summed E-state index contributed by atoms with van der Waals surface area (Å²) < 4.78 is 0. The van der Waals surface area contributed by atoms with Crippen LogP contribution in [0.4, 0.5) is 11.4 Å². The molecule has 32 heavy (non-hydrogen) atoms.